The Bertz CT molecular complexity index is 1020. The summed E-state index contributed by atoms with van der Waals surface area (Å²) >= 11 is 0. The van der Waals surface area contributed by atoms with Gasteiger partial charge in [-0.1, -0.05) is 25.5 Å². The van der Waals surface area contributed by atoms with E-state index in [1.807, 2.05) is 30.3 Å². The molecule has 1 aromatic heterocycles. The number of amides is 1. The molecule has 160 valence electrons. The number of fused-ring (bicyclic) bond motifs is 1. The molecule has 0 aliphatic rings. The number of esters is 1. The van der Waals surface area contributed by atoms with E-state index in [1.165, 1.54) is 11.9 Å². The summed E-state index contributed by atoms with van der Waals surface area (Å²) in [5, 5.41) is 9.09. The number of para-hydroxylation sites is 2. The number of aromatic nitrogens is 2. The van der Waals surface area contributed by atoms with E-state index >= 15 is 0 Å². The number of aryl methyl sites for hydroxylation is 2. The number of unbranched alkanes of at least 4 members (excludes halogenated alkanes) is 1. The Morgan fingerprint density at radius 2 is 2.00 bits per heavy atom. The van der Waals surface area contributed by atoms with Gasteiger partial charge in [-0.25, -0.2) is 4.98 Å². The van der Waals surface area contributed by atoms with Crippen LogP contribution in [0, 0.1) is 11.3 Å². The van der Waals surface area contributed by atoms with Crippen LogP contribution in [0.5, 0.6) is 0 Å². The standard InChI is InChI=1S/C22H28N4O4/c1-5-6-13-26-18-10-8-7-9-16(18)24-17(21(26)29)11-12-20(28)30-14-19(27)25(4)22(2,3)15-23/h7-10H,5-6,11-14H2,1-4H3. The molecule has 0 fully saturated rings. The Hall–Kier alpha value is -3.21. The quantitative estimate of drug-likeness (QED) is 0.586. The maximum atomic E-state index is 12.9. The molecule has 0 saturated heterocycles. The second-order valence-electron chi connectivity index (χ2n) is 7.64. The molecule has 2 rings (SSSR count). The molecule has 0 radical (unpaired) electrons. The van der Waals surface area contributed by atoms with Crippen LogP contribution in [0.25, 0.3) is 11.0 Å². The van der Waals surface area contributed by atoms with E-state index in [0.717, 1.165) is 18.4 Å². The third kappa shape index (κ3) is 5.44. The molecule has 0 N–H and O–H groups in total. The Morgan fingerprint density at radius 1 is 1.30 bits per heavy atom. The van der Waals surface area contributed by atoms with Crippen molar-refractivity contribution < 1.29 is 14.3 Å². The maximum absolute atomic E-state index is 12.9. The lowest BCUT2D eigenvalue weighted by Crippen LogP contribution is -2.45. The average Bonchev–Trinajstić information content (AvgIpc) is 2.74. The van der Waals surface area contributed by atoms with Gasteiger partial charge in [0.05, 0.1) is 23.5 Å². The van der Waals surface area contributed by atoms with Crippen molar-refractivity contribution in [2.45, 2.75) is 58.5 Å². The van der Waals surface area contributed by atoms with Crippen LogP contribution >= 0.6 is 0 Å². The van der Waals surface area contributed by atoms with Crippen LogP contribution in [0.2, 0.25) is 0 Å². The minimum atomic E-state index is -0.998. The first-order chi connectivity index (χ1) is 14.2. The third-order valence-corrected chi connectivity index (χ3v) is 5.06. The molecule has 0 bridgehead atoms. The van der Waals surface area contributed by atoms with Crippen LogP contribution in [0.15, 0.2) is 29.1 Å². The van der Waals surface area contributed by atoms with Crippen molar-refractivity contribution in [3.8, 4) is 6.07 Å². The molecule has 0 spiro atoms. The molecule has 0 unspecified atom stereocenters. The van der Waals surface area contributed by atoms with Crippen molar-refractivity contribution in [1.82, 2.24) is 14.5 Å². The molecule has 8 heteroatoms. The van der Waals surface area contributed by atoms with E-state index in [-0.39, 0.29) is 18.4 Å². The Balaban J connectivity index is 2.06. The van der Waals surface area contributed by atoms with Crippen LogP contribution < -0.4 is 5.56 Å². The van der Waals surface area contributed by atoms with Gasteiger partial charge in [0.2, 0.25) is 0 Å². The predicted molar refractivity (Wildman–Crippen MR) is 113 cm³/mol. The van der Waals surface area contributed by atoms with Crippen LogP contribution in [-0.4, -0.2) is 45.5 Å². The highest BCUT2D eigenvalue weighted by molar-refractivity contribution is 5.81. The highest BCUT2D eigenvalue weighted by Crippen LogP contribution is 2.13. The van der Waals surface area contributed by atoms with E-state index in [4.69, 9.17) is 10.00 Å². The minimum Gasteiger partial charge on any atom is -0.456 e. The zero-order valence-corrected chi connectivity index (χ0v) is 18.0. The molecule has 8 nitrogen and oxygen atoms in total. The average molecular weight is 412 g/mol. The number of benzene rings is 1. The largest absolute Gasteiger partial charge is 0.456 e. The van der Waals surface area contributed by atoms with Gasteiger partial charge in [0.15, 0.2) is 6.61 Å². The van der Waals surface area contributed by atoms with Gasteiger partial charge < -0.3 is 14.2 Å². The van der Waals surface area contributed by atoms with Crippen LogP contribution in [0.4, 0.5) is 0 Å². The van der Waals surface area contributed by atoms with Crippen molar-refractivity contribution in [3.05, 3.63) is 40.3 Å². The SMILES string of the molecule is CCCCn1c(=O)c(CCC(=O)OCC(=O)N(C)C(C)(C)C#N)nc2ccccc21. The van der Waals surface area contributed by atoms with E-state index in [9.17, 15) is 14.4 Å². The van der Waals surface area contributed by atoms with Crippen molar-refractivity contribution in [2.24, 2.45) is 0 Å². The van der Waals surface area contributed by atoms with Crippen molar-refractivity contribution in [1.29, 1.82) is 5.26 Å². The number of rotatable bonds is 9. The Labute approximate surface area is 176 Å². The minimum absolute atomic E-state index is 0.0625. The van der Waals surface area contributed by atoms with Crippen molar-refractivity contribution >= 4 is 22.9 Å². The summed E-state index contributed by atoms with van der Waals surface area (Å²) in [6, 6.07) is 9.44. The fourth-order valence-electron chi connectivity index (χ4n) is 2.86. The molecule has 30 heavy (non-hydrogen) atoms. The molecule has 0 saturated carbocycles. The number of nitriles is 1. The summed E-state index contributed by atoms with van der Waals surface area (Å²) in [4.78, 5) is 42.7. The number of carbonyl (C=O) groups excluding carboxylic acids is 2. The molecule has 1 amide bonds. The molecule has 2 aromatic rings. The van der Waals surface area contributed by atoms with Gasteiger partial charge in [-0.3, -0.25) is 14.4 Å². The lowest BCUT2D eigenvalue weighted by atomic mass is 10.1. The fourth-order valence-corrected chi connectivity index (χ4v) is 2.86. The second-order valence-corrected chi connectivity index (χ2v) is 7.64. The summed E-state index contributed by atoms with van der Waals surface area (Å²) in [5.41, 5.74) is 0.572. The maximum Gasteiger partial charge on any atom is 0.306 e. The third-order valence-electron chi connectivity index (χ3n) is 5.06. The van der Waals surface area contributed by atoms with Gasteiger partial charge in [-0.05, 0) is 32.4 Å². The number of hydrogen-bond donors (Lipinski definition) is 0. The molecule has 0 aliphatic carbocycles. The van der Waals surface area contributed by atoms with E-state index < -0.39 is 24.0 Å². The summed E-state index contributed by atoms with van der Waals surface area (Å²) in [6.07, 6.45) is 1.88. The second kappa shape index (κ2) is 10.0. The van der Waals surface area contributed by atoms with Gasteiger partial charge in [-0.2, -0.15) is 5.26 Å². The number of carbonyl (C=O) groups is 2. The monoisotopic (exact) mass is 412 g/mol. The van der Waals surface area contributed by atoms with Gasteiger partial charge in [0, 0.05) is 20.0 Å². The van der Waals surface area contributed by atoms with E-state index in [2.05, 4.69) is 11.9 Å². The Kier molecular flexibility index (Phi) is 7.70. The molecular weight excluding hydrogens is 384 g/mol. The first-order valence-corrected chi connectivity index (χ1v) is 10.0. The smallest absolute Gasteiger partial charge is 0.306 e. The van der Waals surface area contributed by atoms with Gasteiger partial charge in [0.25, 0.3) is 11.5 Å². The number of ether oxygens (including phenoxy) is 1. The van der Waals surface area contributed by atoms with Crippen molar-refractivity contribution in [2.75, 3.05) is 13.7 Å². The molecule has 0 aliphatic heterocycles. The first-order valence-electron chi connectivity index (χ1n) is 10.0. The Morgan fingerprint density at radius 3 is 2.67 bits per heavy atom. The summed E-state index contributed by atoms with van der Waals surface area (Å²) in [7, 11) is 1.48. The number of nitrogens with zero attached hydrogens (tertiary/aromatic N) is 4. The van der Waals surface area contributed by atoms with Gasteiger partial charge in [0.1, 0.15) is 11.2 Å². The molecule has 1 aromatic carbocycles. The fraction of sp³-hybridized carbons (Fsp3) is 0.500. The zero-order valence-electron chi connectivity index (χ0n) is 18.0. The highest BCUT2D eigenvalue weighted by atomic mass is 16.5. The summed E-state index contributed by atoms with van der Waals surface area (Å²) in [6.45, 7) is 5.39. The number of likely N-dealkylation sites (N-methyl/N-ethyl adjacent to an activating group) is 1. The topological polar surface area (TPSA) is 105 Å². The predicted octanol–water partition coefficient (Wildman–Crippen LogP) is 2.43. The van der Waals surface area contributed by atoms with E-state index in [0.29, 0.717) is 17.8 Å². The lowest BCUT2D eigenvalue weighted by Gasteiger charge is -2.28. The van der Waals surface area contributed by atoms with Crippen LogP contribution in [0.1, 0.15) is 45.7 Å². The summed E-state index contributed by atoms with van der Waals surface area (Å²) in [5.74, 6) is -1.07. The van der Waals surface area contributed by atoms with E-state index in [1.54, 1.807) is 18.4 Å². The number of hydrogen-bond acceptors (Lipinski definition) is 6. The zero-order chi connectivity index (χ0) is 22.3. The lowest BCUT2D eigenvalue weighted by molar-refractivity contribution is -0.152. The highest BCUT2D eigenvalue weighted by Gasteiger charge is 2.27. The summed E-state index contributed by atoms with van der Waals surface area (Å²) < 4.78 is 6.74. The normalized spacial score (nSPS) is 11.2. The molecular formula is C22H28N4O4. The molecule has 1 heterocycles. The van der Waals surface area contributed by atoms with Gasteiger partial charge >= 0.3 is 5.97 Å². The van der Waals surface area contributed by atoms with Crippen molar-refractivity contribution in [3.63, 3.8) is 0 Å². The first kappa shape index (κ1) is 23.1. The van der Waals surface area contributed by atoms with Crippen LogP contribution in [-0.2, 0) is 27.3 Å². The van der Waals surface area contributed by atoms with Crippen LogP contribution in [0.3, 0.4) is 0 Å². The van der Waals surface area contributed by atoms with Gasteiger partial charge in [-0.15, -0.1) is 0 Å². The molecule has 0 atom stereocenters.